The van der Waals surface area contributed by atoms with Crippen LogP contribution in [-0.2, 0) is 15.6 Å². The molecular formula is C32H44O4SSi. The van der Waals surface area contributed by atoms with Gasteiger partial charge in [-0.15, -0.1) is 11.3 Å². The minimum Gasteiger partial charge on any atom is -0.465 e. The van der Waals surface area contributed by atoms with E-state index < -0.39 is 14.4 Å². The Labute approximate surface area is 234 Å². The first-order valence-corrected chi connectivity index (χ1v) is 18.3. The van der Waals surface area contributed by atoms with Gasteiger partial charge in [0.05, 0.1) is 19.8 Å². The maximum absolute atomic E-state index is 11.8. The molecule has 0 spiro atoms. The van der Waals surface area contributed by atoms with E-state index >= 15 is 0 Å². The summed E-state index contributed by atoms with van der Waals surface area (Å²) < 4.78 is 10.8. The van der Waals surface area contributed by atoms with Crippen LogP contribution in [0.1, 0.15) is 90.1 Å². The molecule has 2 atom stereocenters. The fourth-order valence-corrected chi connectivity index (χ4v) is 6.43. The average molecular weight is 553 g/mol. The van der Waals surface area contributed by atoms with Gasteiger partial charge in [0, 0.05) is 10.5 Å². The molecule has 0 radical (unpaired) electrons. The van der Waals surface area contributed by atoms with Crippen LogP contribution in [0.3, 0.4) is 0 Å². The van der Waals surface area contributed by atoms with Crippen molar-refractivity contribution in [1.29, 1.82) is 0 Å². The number of hydrogen-bond donors (Lipinski definition) is 1. The van der Waals surface area contributed by atoms with E-state index in [1.165, 1.54) is 40.0 Å². The summed E-state index contributed by atoms with van der Waals surface area (Å²) in [4.78, 5) is 13.7. The van der Waals surface area contributed by atoms with Gasteiger partial charge in [0.1, 0.15) is 4.88 Å². The van der Waals surface area contributed by atoms with Crippen LogP contribution < -0.4 is 0 Å². The van der Waals surface area contributed by atoms with Gasteiger partial charge < -0.3 is 14.3 Å². The number of allylic oxidation sites excluding steroid dienone is 2. The molecule has 6 heteroatoms. The fraction of sp³-hybridized carbons (Fsp3) is 0.531. The van der Waals surface area contributed by atoms with E-state index in [9.17, 15) is 9.90 Å². The Morgan fingerprint density at radius 2 is 1.89 bits per heavy atom. The quantitative estimate of drug-likeness (QED) is 0.118. The highest BCUT2D eigenvalue weighted by Gasteiger charge is 2.26. The fourth-order valence-electron chi connectivity index (χ4n) is 4.95. The normalized spacial score (nSPS) is 16.3. The Kier molecular flexibility index (Phi) is 11.9. The third-order valence-corrected chi connectivity index (χ3v) is 9.14. The summed E-state index contributed by atoms with van der Waals surface area (Å²) in [5.74, 6) is 6.94. The zero-order valence-electron chi connectivity index (χ0n) is 23.8. The first kappa shape index (κ1) is 30.4. The van der Waals surface area contributed by atoms with Crippen LogP contribution in [0, 0.1) is 17.8 Å². The lowest BCUT2D eigenvalue weighted by Crippen LogP contribution is -2.25. The number of benzene rings is 1. The number of hydrogen-bond acceptors (Lipinski definition) is 5. The molecule has 38 heavy (non-hydrogen) atoms. The second-order valence-corrected chi connectivity index (χ2v) is 16.8. The molecule has 1 aromatic heterocycles. The summed E-state index contributed by atoms with van der Waals surface area (Å²) in [6.07, 6.45) is 8.98. The van der Waals surface area contributed by atoms with Gasteiger partial charge >= 0.3 is 5.97 Å². The van der Waals surface area contributed by atoms with Gasteiger partial charge in [-0.05, 0) is 92.9 Å². The molecule has 3 rings (SSSR count). The van der Waals surface area contributed by atoms with Gasteiger partial charge in [0.25, 0.3) is 0 Å². The lowest BCUT2D eigenvalue weighted by molar-refractivity contribution is 0.0606. The molecule has 1 heterocycles. The molecule has 0 saturated heterocycles. The van der Waals surface area contributed by atoms with Crippen LogP contribution in [0.5, 0.6) is 0 Å². The van der Waals surface area contributed by atoms with Gasteiger partial charge in [-0.1, -0.05) is 62.3 Å². The number of ether oxygens (including phenoxy) is 1. The van der Waals surface area contributed by atoms with Crippen molar-refractivity contribution in [2.75, 3.05) is 13.7 Å². The number of carbonyl (C=O) groups is 1. The number of aryl methyl sites for hydroxylation is 1. The van der Waals surface area contributed by atoms with Crippen molar-refractivity contribution in [1.82, 2.24) is 0 Å². The number of rotatable bonds is 13. The maximum Gasteiger partial charge on any atom is 0.348 e. The summed E-state index contributed by atoms with van der Waals surface area (Å²) in [5, 5.41) is 10.6. The minimum atomic E-state index is -1.59. The second-order valence-electron chi connectivity index (χ2n) is 11.1. The molecule has 206 valence electrons. The molecule has 1 unspecified atom stereocenters. The molecule has 0 aliphatic heterocycles. The number of unbranched alkanes of at least 4 members (excludes halogenated alkanes) is 2. The van der Waals surface area contributed by atoms with Crippen molar-refractivity contribution in [3.8, 4) is 11.8 Å². The van der Waals surface area contributed by atoms with E-state index in [1.807, 2.05) is 12.1 Å². The van der Waals surface area contributed by atoms with E-state index in [0.717, 1.165) is 63.4 Å². The molecule has 0 amide bonds. The second kappa shape index (κ2) is 14.8. The number of aliphatic hydroxyl groups excluding tert-OH is 1. The molecular weight excluding hydrogens is 509 g/mol. The minimum absolute atomic E-state index is 0.262. The van der Waals surface area contributed by atoms with Gasteiger partial charge in [-0.3, -0.25) is 0 Å². The predicted octanol–water partition coefficient (Wildman–Crippen LogP) is 8.19. The van der Waals surface area contributed by atoms with Crippen molar-refractivity contribution >= 4 is 31.2 Å². The standard InChI is InChI=1S/C32H44O4SSi/c1-6-7-8-14-29(33)24-15-17-27(18-16-24)31-25(19-20-26(31)12-10-23-36-38(3,4)5)11-9-13-28-21-22-30(37-28)32(34)35-2/h15-18,21-22,25,29,33H,6-9,11,13-14,19-20,23H2,1-5H3/t25-,29?/m0/s1. The van der Waals surface area contributed by atoms with Crippen LogP contribution in [0.4, 0.5) is 0 Å². The highest BCUT2D eigenvalue weighted by Crippen LogP contribution is 2.42. The summed E-state index contributed by atoms with van der Waals surface area (Å²) in [6.45, 7) is 9.23. The Balaban J connectivity index is 1.73. The Hall–Kier alpha value is -2.17. The summed E-state index contributed by atoms with van der Waals surface area (Å²) in [5.41, 5.74) is 4.81. The smallest absolute Gasteiger partial charge is 0.348 e. The number of methoxy groups -OCH3 is 1. The van der Waals surface area contributed by atoms with Crippen LogP contribution in [0.25, 0.3) is 5.57 Å². The van der Waals surface area contributed by atoms with E-state index in [2.05, 4.69) is 62.7 Å². The molecule has 4 nitrogen and oxygen atoms in total. The number of aliphatic hydroxyl groups is 1. The lowest BCUT2D eigenvalue weighted by atomic mass is 9.88. The molecule has 1 aliphatic rings. The molecule has 0 bridgehead atoms. The predicted molar refractivity (Wildman–Crippen MR) is 161 cm³/mol. The number of esters is 1. The van der Waals surface area contributed by atoms with Crippen LogP contribution in [0.15, 0.2) is 42.0 Å². The van der Waals surface area contributed by atoms with Gasteiger partial charge in [0.2, 0.25) is 0 Å². The van der Waals surface area contributed by atoms with Crippen LogP contribution in [0.2, 0.25) is 19.6 Å². The van der Waals surface area contributed by atoms with Gasteiger partial charge in [0.15, 0.2) is 8.32 Å². The third kappa shape index (κ3) is 9.23. The molecule has 1 aliphatic carbocycles. The van der Waals surface area contributed by atoms with Crippen molar-refractivity contribution in [2.45, 2.75) is 90.5 Å². The monoisotopic (exact) mass is 552 g/mol. The molecule has 1 aromatic carbocycles. The van der Waals surface area contributed by atoms with Crippen LogP contribution >= 0.6 is 11.3 Å². The summed E-state index contributed by atoms with van der Waals surface area (Å²) in [7, 11) is -0.162. The first-order chi connectivity index (χ1) is 18.2. The van der Waals surface area contributed by atoms with Crippen molar-refractivity contribution in [2.24, 2.45) is 5.92 Å². The SMILES string of the molecule is CCCCCC(O)c1ccc(C2=C(C#CCO[Si](C)(C)C)CC[C@@H]2CCCc2ccc(C(=O)OC)s2)cc1. The number of thiophene rings is 1. The lowest BCUT2D eigenvalue weighted by Gasteiger charge is -2.17. The largest absolute Gasteiger partial charge is 0.465 e. The van der Waals surface area contributed by atoms with E-state index in [4.69, 9.17) is 9.16 Å². The average Bonchev–Trinajstić information content (AvgIpc) is 3.53. The Morgan fingerprint density at radius 3 is 2.58 bits per heavy atom. The van der Waals surface area contributed by atoms with E-state index in [0.29, 0.717) is 17.4 Å². The summed E-state index contributed by atoms with van der Waals surface area (Å²) >= 11 is 1.53. The Morgan fingerprint density at radius 1 is 1.13 bits per heavy atom. The molecule has 0 saturated carbocycles. The first-order valence-electron chi connectivity index (χ1n) is 14.0. The van der Waals surface area contributed by atoms with Crippen molar-refractivity contribution in [3.63, 3.8) is 0 Å². The maximum atomic E-state index is 11.8. The summed E-state index contributed by atoms with van der Waals surface area (Å²) in [6, 6.07) is 12.4. The van der Waals surface area contributed by atoms with E-state index in [1.54, 1.807) is 0 Å². The highest BCUT2D eigenvalue weighted by atomic mass is 32.1. The zero-order valence-corrected chi connectivity index (χ0v) is 25.6. The molecule has 0 fully saturated rings. The highest BCUT2D eigenvalue weighted by molar-refractivity contribution is 7.13. The Bertz CT molecular complexity index is 1130. The molecule has 1 N–H and O–H groups in total. The third-order valence-electron chi connectivity index (χ3n) is 7.00. The van der Waals surface area contributed by atoms with Gasteiger partial charge in [-0.2, -0.15) is 0 Å². The van der Waals surface area contributed by atoms with Crippen molar-refractivity contribution < 1.29 is 19.1 Å². The molecule has 2 aromatic rings. The number of carbonyl (C=O) groups excluding carboxylic acids is 1. The van der Waals surface area contributed by atoms with Gasteiger partial charge in [-0.25, -0.2) is 4.79 Å². The topological polar surface area (TPSA) is 55.8 Å². The van der Waals surface area contributed by atoms with Crippen LogP contribution in [-0.4, -0.2) is 33.1 Å². The van der Waals surface area contributed by atoms with E-state index in [-0.39, 0.29) is 5.97 Å². The van der Waals surface area contributed by atoms with Crippen molar-refractivity contribution in [3.05, 3.63) is 62.9 Å². The zero-order chi connectivity index (χ0) is 27.5.